The first-order valence-corrected chi connectivity index (χ1v) is 6.76. The number of rotatable bonds is 2. The van der Waals surface area contributed by atoms with E-state index in [2.05, 4.69) is 10.3 Å². The van der Waals surface area contributed by atoms with Crippen LogP contribution in [-0.4, -0.2) is 29.9 Å². The molecule has 1 saturated carbocycles. The van der Waals surface area contributed by atoms with Crippen LogP contribution in [0.4, 0.5) is 5.69 Å². The van der Waals surface area contributed by atoms with Crippen LogP contribution < -0.4 is 5.32 Å². The zero-order valence-corrected chi connectivity index (χ0v) is 10.8. The molecule has 1 aliphatic heterocycles. The molecule has 1 aromatic heterocycles. The number of nitrogens with zero attached hydrogens (tertiary/aromatic N) is 1. The molecule has 5 heteroatoms. The summed E-state index contributed by atoms with van der Waals surface area (Å²) in [6.45, 7) is 1.35. The molecule has 1 amide bonds. The minimum Gasteiger partial charge on any atom is -0.348 e. The number of carbonyl (C=O) groups is 1. The van der Waals surface area contributed by atoms with E-state index in [1.807, 2.05) is 12.1 Å². The molecule has 2 heterocycles. The van der Waals surface area contributed by atoms with Crippen molar-refractivity contribution < 1.29 is 14.3 Å². The molecule has 0 bridgehead atoms. The Balaban J connectivity index is 1.55. The van der Waals surface area contributed by atoms with Gasteiger partial charge in [0.25, 0.3) is 0 Å². The maximum atomic E-state index is 12.2. The molecule has 3 rings (SSSR count). The standard InChI is InChI=1S/C14H18N2O3/c17-13(16-12-2-1-7-15-10-12)11-3-5-14(6-4-11)18-8-9-19-14/h1-2,7,10-11H,3-6,8-9H2,(H,16,17). The number of pyridine rings is 1. The monoisotopic (exact) mass is 262 g/mol. The van der Waals surface area contributed by atoms with Crippen molar-refractivity contribution >= 4 is 11.6 Å². The fourth-order valence-corrected chi connectivity index (χ4v) is 2.79. The average Bonchev–Trinajstić information content (AvgIpc) is 2.89. The van der Waals surface area contributed by atoms with Crippen molar-refractivity contribution in [3.05, 3.63) is 24.5 Å². The summed E-state index contributed by atoms with van der Waals surface area (Å²) in [7, 11) is 0. The smallest absolute Gasteiger partial charge is 0.227 e. The van der Waals surface area contributed by atoms with Crippen molar-refractivity contribution in [1.82, 2.24) is 4.98 Å². The van der Waals surface area contributed by atoms with E-state index in [0.717, 1.165) is 31.4 Å². The molecule has 0 radical (unpaired) electrons. The molecular formula is C14H18N2O3. The number of hydrogen-bond acceptors (Lipinski definition) is 4. The van der Waals surface area contributed by atoms with Crippen molar-refractivity contribution in [2.24, 2.45) is 5.92 Å². The van der Waals surface area contributed by atoms with E-state index in [0.29, 0.717) is 13.2 Å². The molecule has 2 fully saturated rings. The van der Waals surface area contributed by atoms with Gasteiger partial charge in [-0.05, 0) is 25.0 Å². The van der Waals surface area contributed by atoms with Gasteiger partial charge in [-0.25, -0.2) is 0 Å². The molecule has 2 aliphatic rings. The summed E-state index contributed by atoms with van der Waals surface area (Å²) in [5, 5.41) is 2.91. The Morgan fingerprint density at radius 1 is 1.32 bits per heavy atom. The lowest BCUT2D eigenvalue weighted by atomic mass is 9.84. The first-order valence-electron chi connectivity index (χ1n) is 6.76. The topological polar surface area (TPSA) is 60.5 Å². The van der Waals surface area contributed by atoms with Gasteiger partial charge in [0.05, 0.1) is 25.1 Å². The number of carbonyl (C=O) groups excluding carboxylic acids is 1. The van der Waals surface area contributed by atoms with Gasteiger partial charge in [-0.1, -0.05) is 0 Å². The summed E-state index contributed by atoms with van der Waals surface area (Å²) in [4.78, 5) is 16.1. The largest absolute Gasteiger partial charge is 0.348 e. The van der Waals surface area contributed by atoms with Crippen LogP contribution in [0.1, 0.15) is 25.7 Å². The minimum absolute atomic E-state index is 0.0404. The molecule has 1 spiro atoms. The molecule has 19 heavy (non-hydrogen) atoms. The third kappa shape index (κ3) is 2.77. The second kappa shape index (κ2) is 5.27. The lowest BCUT2D eigenvalue weighted by Crippen LogP contribution is -2.38. The third-order valence-corrected chi connectivity index (χ3v) is 3.86. The van der Waals surface area contributed by atoms with E-state index < -0.39 is 5.79 Å². The van der Waals surface area contributed by atoms with E-state index in [-0.39, 0.29) is 11.8 Å². The zero-order valence-electron chi connectivity index (χ0n) is 10.8. The number of nitrogens with one attached hydrogen (secondary N) is 1. The maximum absolute atomic E-state index is 12.2. The van der Waals surface area contributed by atoms with Crippen LogP contribution in [0.25, 0.3) is 0 Å². The normalized spacial score (nSPS) is 22.5. The number of ether oxygens (including phenoxy) is 2. The third-order valence-electron chi connectivity index (χ3n) is 3.86. The van der Waals surface area contributed by atoms with E-state index >= 15 is 0 Å². The predicted molar refractivity (Wildman–Crippen MR) is 69.5 cm³/mol. The van der Waals surface area contributed by atoms with Crippen LogP contribution in [0, 0.1) is 5.92 Å². The Morgan fingerprint density at radius 3 is 2.68 bits per heavy atom. The number of hydrogen-bond donors (Lipinski definition) is 1. The summed E-state index contributed by atoms with van der Waals surface area (Å²) >= 11 is 0. The van der Waals surface area contributed by atoms with Gasteiger partial charge in [-0.2, -0.15) is 0 Å². The predicted octanol–water partition coefficient (Wildman–Crippen LogP) is 1.95. The molecule has 5 nitrogen and oxygen atoms in total. The molecule has 1 saturated heterocycles. The summed E-state index contributed by atoms with van der Waals surface area (Å²) in [5.41, 5.74) is 0.751. The van der Waals surface area contributed by atoms with E-state index in [9.17, 15) is 4.79 Å². The lowest BCUT2D eigenvalue weighted by Gasteiger charge is -2.34. The molecular weight excluding hydrogens is 244 g/mol. The maximum Gasteiger partial charge on any atom is 0.227 e. The Kier molecular flexibility index (Phi) is 3.48. The SMILES string of the molecule is O=C(Nc1cccnc1)C1CCC2(CC1)OCCO2. The summed E-state index contributed by atoms with van der Waals surface area (Å²) in [5.74, 6) is -0.287. The average molecular weight is 262 g/mol. The van der Waals surface area contributed by atoms with Gasteiger partial charge < -0.3 is 14.8 Å². The first kappa shape index (κ1) is 12.6. The van der Waals surface area contributed by atoms with Crippen LogP contribution in [-0.2, 0) is 14.3 Å². The van der Waals surface area contributed by atoms with Crippen molar-refractivity contribution in [1.29, 1.82) is 0 Å². The van der Waals surface area contributed by atoms with Crippen molar-refractivity contribution in [3.8, 4) is 0 Å². The van der Waals surface area contributed by atoms with Gasteiger partial charge in [0, 0.05) is 25.0 Å². The fraction of sp³-hybridized carbons (Fsp3) is 0.571. The van der Waals surface area contributed by atoms with Gasteiger partial charge in [-0.3, -0.25) is 9.78 Å². The molecule has 1 N–H and O–H groups in total. The fourth-order valence-electron chi connectivity index (χ4n) is 2.79. The van der Waals surface area contributed by atoms with Crippen molar-refractivity contribution in [2.45, 2.75) is 31.5 Å². The van der Waals surface area contributed by atoms with Crippen LogP contribution >= 0.6 is 0 Å². The summed E-state index contributed by atoms with van der Waals surface area (Å²) < 4.78 is 11.3. The van der Waals surface area contributed by atoms with Gasteiger partial charge in [0.2, 0.25) is 5.91 Å². The highest BCUT2D eigenvalue weighted by molar-refractivity contribution is 5.92. The van der Waals surface area contributed by atoms with Crippen molar-refractivity contribution in [3.63, 3.8) is 0 Å². The van der Waals surface area contributed by atoms with Crippen molar-refractivity contribution in [2.75, 3.05) is 18.5 Å². The number of amides is 1. The van der Waals surface area contributed by atoms with Crippen LogP contribution in [0.2, 0.25) is 0 Å². The van der Waals surface area contributed by atoms with Gasteiger partial charge >= 0.3 is 0 Å². The minimum atomic E-state index is -0.398. The quantitative estimate of drug-likeness (QED) is 0.885. The highest BCUT2D eigenvalue weighted by atomic mass is 16.7. The molecule has 102 valence electrons. The highest BCUT2D eigenvalue weighted by Gasteiger charge is 2.41. The van der Waals surface area contributed by atoms with Gasteiger partial charge in [-0.15, -0.1) is 0 Å². The Bertz CT molecular complexity index is 433. The Hall–Kier alpha value is -1.46. The van der Waals surface area contributed by atoms with Gasteiger partial charge in [0.1, 0.15) is 0 Å². The van der Waals surface area contributed by atoms with Gasteiger partial charge in [0.15, 0.2) is 5.79 Å². The van der Waals surface area contributed by atoms with E-state index in [1.165, 1.54) is 0 Å². The Morgan fingerprint density at radius 2 is 2.05 bits per heavy atom. The Labute approximate surface area is 112 Å². The number of anilines is 1. The molecule has 1 aliphatic carbocycles. The molecule has 0 atom stereocenters. The van der Waals surface area contributed by atoms with Crippen LogP contribution in [0.3, 0.4) is 0 Å². The molecule has 0 aromatic carbocycles. The van der Waals surface area contributed by atoms with Crippen LogP contribution in [0.5, 0.6) is 0 Å². The lowest BCUT2D eigenvalue weighted by molar-refractivity contribution is -0.182. The summed E-state index contributed by atoms with van der Waals surface area (Å²) in [6.07, 6.45) is 6.58. The van der Waals surface area contributed by atoms with Crippen LogP contribution in [0.15, 0.2) is 24.5 Å². The zero-order chi connectivity index (χ0) is 13.1. The van der Waals surface area contributed by atoms with E-state index in [1.54, 1.807) is 12.4 Å². The molecule has 1 aromatic rings. The highest BCUT2D eigenvalue weighted by Crippen LogP contribution is 2.38. The second-order valence-corrected chi connectivity index (χ2v) is 5.11. The second-order valence-electron chi connectivity index (χ2n) is 5.11. The first-order chi connectivity index (χ1) is 9.27. The summed E-state index contributed by atoms with van der Waals surface area (Å²) in [6, 6.07) is 3.66. The number of aromatic nitrogens is 1. The molecule has 0 unspecified atom stereocenters. The van der Waals surface area contributed by atoms with E-state index in [4.69, 9.17) is 9.47 Å².